The Hall–Kier alpha value is -1.57. The van der Waals surface area contributed by atoms with Crippen molar-refractivity contribution in [1.82, 2.24) is 0 Å². The third-order valence-corrected chi connectivity index (χ3v) is 1.58. The molecule has 2 aromatic rings. The van der Waals surface area contributed by atoms with Crippen LogP contribution in [0.3, 0.4) is 0 Å². The van der Waals surface area contributed by atoms with Crippen LogP contribution in [0.25, 0.3) is 11.0 Å². The molecule has 0 fully saturated rings. The molecule has 1 aromatic heterocycles. The summed E-state index contributed by atoms with van der Waals surface area (Å²) in [5.41, 5.74) is -0.218. The third kappa shape index (κ3) is 1.01. The highest BCUT2D eigenvalue weighted by atomic mass is 16.4. The van der Waals surface area contributed by atoms with E-state index in [4.69, 9.17) is 9.90 Å². The van der Waals surface area contributed by atoms with E-state index in [9.17, 15) is 4.79 Å². The molecule has 1 aromatic carbocycles. The van der Waals surface area contributed by atoms with Crippen molar-refractivity contribution in [3.05, 3.63) is 46.2 Å². The quantitative estimate of drug-likeness (QED) is 0.558. The molecule has 2 rings (SSSR count). The number of rotatable bonds is 0. The summed E-state index contributed by atoms with van der Waals surface area (Å²) < 4.78 is 35.1. The van der Waals surface area contributed by atoms with Crippen LogP contribution in [-0.2, 0) is 0 Å². The number of hydrogen-bond donors (Lipinski definition) is 0. The Labute approximate surface area is 75.1 Å². The van der Waals surface area contributed by atoms with Crippen molar-refractivity contribution in [1.29, 1.82) is 0 Å². The average Bonchev–Trinajstić information content (AvgIpc) is 2.22. The predicted octanol–water partition coefficient (Wildman–Crippen LogP) is 2.10. The maximum absolute atomic E-state index is 11.1. The van der Waals surface area contributed by atoms with Gasteiger partial charge in [-0.2, -0.15) is 0 Å². The second kappa shape index (κ2) is 2.48. The van der Waals surface area contributed by atoms with Gasteiger partial charge in [-0.3, -0.25) is 0 Å². The maximum atomic E-state index is 11.1. The van der Waals surface area contributed by atoms with Gasteiger partial charge in [-0.1, -0.05) is 18.1 Å². The largest absolute Gasteiger partial charge is 0.423 e. The van der Waals surface area contributed by atoms with Crippen LogP contribution in [0.2, 0.25) is 0 Å². The Balaban J connectivity index is 3.14. The minimum atomic E-state index is -0.616. The number of fused-ring (bicyclic) bond motifs is 1. The van der Waals surface area contributed by atoms with Gasteiger partial charge in [0.1, 0.15) is 5.58 Å². The van der Waals surface area contributed by atoms with Gasteiger partial charge in [-0.15, -0.1) is 0 Å². The normalized spacial score (nSPS) is 15.1. The van der Waals surface area contributed by atoms with Crippen LogP contribution in [0, 0.1) is 6.92 Å². The lowest BCUT2D eigenvalue weighted by Gasteiger charge is -1.97. The zero-order chi connectivity index (χ0) is 12.0. The van der Waals surface area contributed by atoms with Gasteiger partial charge in [0, 0.05) is 11.5 Å². The Kier molecular flexibility index (Phi) is 0.806. The standard InChI is InChI=1S/C10H8O2/c1-7-6-10(11)12-9-5-3-2-4-8(7)9/h2-6H,1H3/i2D,3D,4D,5D. The van der Waals surface area contributed by atoms with Crippen molar-refractivity contribution in [2.75, 3.05) is 0 Å². The van der Waals surface area contributed by atoms with Crippen LogP contribution in [0.5, 0.6) is 0 Å². The van der Waals surface area contributed by atoms with Gasteiger partial charge < -0.3 is 4.42 Å². The van der Waals surface area contributed by atoms with Crippen LogP contribution in [0.15, 0.2) is 39.4 Å². The molecule has 0 amide bonds. The summed E-state index contributed by atoms with van der Waals surface area (Å²) in [7, 11) is 0. The minimum absolute atomic E-state index is 0.0870. The fraction of sp³-hybridized carbons (Fsp3) is 0.100. The van der Waals surface area contributed by atoms with Gasteiger partial charge in [0.05, 0.1) is 5.48 Å². The molecule has 2 heteroatoms. The van der Waals surface area contributed by atoms with E-state index in [2.05, 4.69) is 0 Å². The summed E-state index contributed by atoms with van der Waals surface area (Å²) in [6, 6.07) is -0.0159. The molecule has 0 atom stereocenters. The Morgan fingerprint density at radius 2 is 2.17 bits per heavy atom. The molecule has 1 heterocycles. The van der Waals surface area contributed by atoms with Gasteiger partial charge in [0.25, 0.3) is 0 Å². The fourth-order valence-corrected chi connectivity index (χ4v) is 1.03. The summed E-state index contributed by atoms with van der Waals surface area (Å²) in [5, 5.41) is 0.255. The molecule has 2 nitrogen and oxygen atoms in total. The third-order valence-electron chi connectivity index (χ3n) is 1.58. The van der Waals surface area contributed by atoms with E-state index >= 15 is 0 Å². The predicted molar refractivity (Wildman–Crippen MR) is 47.2 cm³/mol. The molecule has 0 radical (unpaired) electrons. The van der Waals surface area contributed by atoms with Gasteiger partial charge in [0.15, 0.2) is 0 Å². The molecule has 0 spiro atoms. The summed E-state index contributed by atoms with van der Waals surface area (Å²) in [6.45, 7) is 1.61. The first-order valence-electron chi connectivity index (χ1n) is 5.44. The van der Waals surface area contributed by atoms with E-state index in [1.165, 1.54) is 6.07 Å². The van der Waals surface area contributed by atoms with E-state index in [1.54, 1.807) is 6.92 Å². The first kappa shape index (κ1) is 3.90. The van der Waals surface area contributed by atoms with Crippen LogP contribution >= 0.6 is 0 Å². The lowest BCUT2D eigenvalue weighted by molar-refractivity contribution is 0.560. The lowest BCUT2D eigenvalue weighted by Crippen LogP contribution is -1.97. The van der Waals surface area contributed by atoms with E-state index in [0.29, 0.717) is 5.56 Å². The Morgan fingerprint density at radius 1 is 1.42 bits per heavy atom. The zero-order valence-corrected chi connectivity index (χ0v) is 6.39. The number of hydrogen-bond acceptors (Lipinski definition) is 2. The summed E-state index contributed by atoms with van der Waals surface area (Å²) in [4.78, 5) is 11.1. The number of benzene rings is 1. The van der Waals surface area contributed by atoms with Gasteiger partial charge in [0.2, 0.25) is 0 Å². The molecule has 0 aliphatic carbocycles. The molecule has 0 unspecified atom stereocenters. The Morgan fingerprint density at radius 3 is 3.00 bits per heavy atom. The van der Waals surface area contributed by atoms with E-state index < -0.39 is 11.7 Å². The van der Waals surface area contributed by atoms with E-state index in [1.807, 2.05) is 0 Å². The second-order valence-corrected chi connectivity index (χ2v) is 2.45. The maximum Gasteiger partial charge on any atom is 0.336 e. The highest BCUT2D eigenvalue weighted by Gasteiger charge is 1.98. The first-order chi connectivity index (χ1) is 7.43. The molecule has 0 bridgehead atoms. The SMILES string of the molecule is [2H]c1c([2H])c([2H])c2c(C)cc(=O)oc2c1[2H]. The van der Waals surface area contributed by atoms with E-state index in [-0.39, 0.29) is 29.1 Å². The topological polar surface area (TPSA) is 30.2 Å². The Bertz CT molecular complexity index is 646. The fourth-order valence-electron chi connectivity index (χ4n) is 1.03. The van der Waals surface area contributed by atoms with E-state index in [0.717, 1.165) is 0 Å². The van der Waals surface area contributed by atoms with Crippen molar-refractivity contribution in [3.63, 3.8) is 0 Å². The van der Waals surface area contributed by atoms with Gasteiger partial charge in [-0.05, 0) is 18.5 Å². The zero-order valence-electron chi connectivity index (χ0n) is 10.4. The summed E-state index contributed by atoms with van der Waals surface area (Å²) >= 11 is 0. The van der Waals surface area contributed by atoms with Crippen molar-refractivity contribution in [2.24, 2.45) is 0 Å². The van der Waals surface area contributed by atoms with Gasteiger partial charge >= 0.3 is 5.63 Å². The molecule has 0 aliphatic heterocycles. The highest BCUT2D eigenvalue weighted by Crippen LogP contribution is 2.14. The molecule has 0 saturated carbocycles. The average molecular weight is 164 g/mol. The first-order valence-corrected chi connectivity index (χ1v) is 3.44. The minimum Gasteiger partial charge on any atom is -0.423 e. The van der Waals surface area contributed by atoms with Crippen LogP contribution in [0.4, 0.5) is 0 Å². The van der Waals surface area contributed by atoms with Crippen LogP contribution in [-0.4, -0.2) is 0 Å². The highest BCUT2D eigenvalue weighted by molar-refractivity contribution is 5.79. The smallest absolute Gasteiger partial charge is 0.336 e. The van der Waals surface area contributed by atoms with Crippen molar-refractivity contribution in [3.8, 4) is 0 Å². The van der Waals surface area contributed by atoms with Crippen LogP contribution in [0.1, 0.15) is 11.0 Å². The molecular weight excluding hydrogens is 152 g/mol. The monoisotopic (exact) mass is 164 g/mol. The number of aryl methyl sites for hydroxylation is 1. The molecule has 60 valence electrons. The summed E-state index contributed by atoms with van der Waals surface area (Å²) in [6.07, 6.45) is 0. The summed E-state index contributed by atoms with van der Waals surface area (Å²) in [5.74, 6) is 0. The lowest BCUT2D eigenvalue weighted by atomic mass is 10.1. The van der Waals surface area contributed by atoms with Crippen molar-refractivity contribution >= 4 is 11.0 Å². The van der Waals surface area contributed by atoms with Crippen molar-refractivity contribution < 1.29 is 9.90 Å². The molecule has 12 heavy (non-hydrogen) atoms. The van der Waals surface area contributed by atoms with Gasteiger partial charge in [-0.25, -0.2) is 4.79 Å². The molecular formula is C10H8O2. The van der Waals surface area contributed by atoms with Crippen LogP contribution < -0.4 is 5.63 Å². The second-order valence-electron chi connectivity index (χ2n) is 2.45. The number of para-hydroxylation sites is 1. The molecule has 0 N–H and O–H groups in total. The molecule has 0 saturated heterocycles. The van der Waals surface area contributed by atoms with Crippen molar-refractivity contribution in [2.45, 2.75) is 6.92 Å². The molecule has 0 aliphatic rings.